The van der Waals surface area contributed by atoms with Gasteiger partial charge in [0.2, 0.25) is 5.91 Å². The largest absolute Gasteiger partial charge is 0.416 e. The fraction of sp³-hybridized carbons (Fsp3) is 0.500. The van der Waals surface area contributed by atoms with Crippen LogP contribution in [0, 0.1) is 5.92 Å². The number of halogens is 3. The van der Waals surface area contributed by atoms with E-state index < -0.39 is 17.8 Å². The third kappa shape index (κ3) is 7.54. The maximum absolute atomic E-state index is 13.2. The van der Waals surface area contributed by atoms with E-state index >= 15 is 0 Å². The summed E-state index contributed by atoms with van der Waals surface area (Å²) in [5, 5.41) is 2.52. The minimum Gasteiger partial charge on any atom is -0.353 e. The van der Waals surface area contributed by atoms with Crippen LogP contribution < -0.4 is 5.32 Å². The Morgan fingerprint density at radius 1 is 1.12 bits per heavy atom. The fourth-order valence-corrected chi connectivity index (χ4v) is 3.41. The molecule has 1 aromatic heterocycles. The van der Waals surface area contributed by atoms with Crippen LogP contribution in [0.5, 0.6) is 0 Å². The van der Waals surface area contributed by atoms with Gasteiger partial charge in [-0.05, 0) is 49.6 Å². The third-order valence-electron chi connectivity index (χ3n) is 5.47. The molecule has 3 amide bonds. The van der Waals surface area contributed by atoms with Crippen LogP contribution in [0.3, 0.4) is 0 Å². The lowest BCUT2D eigenvalue weighted by molar-refractivity contribution is -0.137. The number of nitrogens with one attached hydrogen (secondary N) is 1. The Morgan fingerprint density at radius 2 is 1.82 bits per heavy atom. The highest BCUT2D eigenvalue weighted by molar-refractivity contribution is 5.92. The molecule has 1 atom stereocenters. The van der Waals surface area contributed by atoms with Gasteiger partial charge >= 0.3 is 12.2 Å². The van der Waals surface area contributed by atoms with Crippen molar-refractivity contribution in [2.75, 3.05) is 18.4 Å². The molecule has 0 radical (unpaired) electrons. The van der Waals surface area contributed by atoms with E-state index in [1.54, 1.807) is 4.90 Å². The summed E-state index contributed by atoms with van der Waals surface area (Å²) < 4.78 is 41.0. The van der Waals surface area contributed by atoms with Crippen molar-refractivity contribution in [2.24, 2.45) is 13.0 Å². The summed E-state index contributed by atoms with van der Waals surface area (Å²) in [5.41, 5.74) is 0.142. The van der Waals surface area contributed by atoms with Gasteiger partial charge in [0.15, 0.2) is 0 Å². The van der Waals surface area contributed by atoms with Crippen LogP contribution in [-0.4, -0.2) is 45.4 Å². The van der Waals surface area contributed by atoms with Gasteiger partial charge in [0.1, 0.15) is 6.54 Å². The van der Waals surface area contributed by atoms with Gasteiger partial charge in [-0.25, -0.2) is 4.79 Å². The number of urea groups is 1. The van der Waals surface area contributed by atoms with Crippen LogP contribution in [0.4, 0.5) is 23.7 Å². The van der Waals surface area contributed by atoms with Crippen molar-refractivity contribution in [1.82, 2.24) is 14.4 Å². The highest BCUT2D eigenvalue weighted by Gasteiger charge is 2.31. The third-order valence-corrected chi connectivity index (χ3v) is 5.47. The Morgan fingerprint density at radius 3 is 2.36 bits per heavy atom. The molecule has 1 unspecified atom stereocenters. The number of alkyl halides is 3. The molecule has 0 spiro atoms. The van der Waals surface area contributed by atoms with Crippen LogP contribution >= 0.6 is 0 Å². The van der Waals surface area contributed by atoms with Crippen molar-refractivity contribution in [3.05, 3.63) is 53.9 Å². The van der Waals surface area contributed by atoms with Crippen LogP contribution in [0.2, 0.25) is 0 Å². The maximum atomic E-state index is 13.2. The fourth-order valence-electron chi connectivity index (χ4n) is 3.41. The number of aromatic nitrogens is 1. The van der Waals surface area contributed by atoms with Crippen molar-refractivity contribution < 1.29 is 22.8 Å². The molecule has 2 rings (SSSR count). The van der Waals surface area contributed by atoms with Gasteiger partial charge in [-0.2, -0.15) is 13.2 Å². The number of rotatable bonds is 9. The monoisotopic (exact) mass is 466 g/mol. The summed E-state index contributed by atoms with van der Waals surface area (Å²) in [6.45, 7) is 8.48. The number of hydrogen-bond acceptors (Lipinski definition) is 2. The number of carbonyl (C=O) groups excluding carboxylic acids is 2. The first-order valence-electron chi connectivity index (χ1n) is 11.0. The van der Waals surface area contributed by atoms with Crippen LogP contribution in [0.25, 0.3) is 0 Å². The Labute approximate surface area is 193 Å². The molecule has 0 aliphatic rings. The van der Waals surface area contributed by atoms with E-state index in [0.717, 1.165) is 17.8 Å². The second-order valence-electron chi connectivity index (χ2n) is 8.67. The smallest absolute Gasteiger partial charge is 0.353 e. The predicted molar refractivity (Wildman–Crippen MR) is 123 cm³/mol. The Hall–Kier alpha value is -2.97. The molecular formula is C24H33F3N4O2. The lowest BCUT2D eigenvalue weighted by atomic mass is 10.2. The number of benzene rings is 1. The van der Waals surface area contributed by atoms with Crippen LogP contribution in [-0.2, 0) is 24.6 Å². The molecule has 1 N–H and O–H groups in total. The quantitative estimate of drug-likeness (QED) is 0.541. The van der Waals surface area contributed by atoms with Crippen molar-refractivity contribution in [1.29, 1.82) is 0 Å². The highest BCUT2D eigenvalue weighted by atomic mass is 19.4. The molecule has 182 valence electrons. The van der Waals surface area contributed by atoms with E-state index in [2.05, 4.69) is 5.32 Å². The van der Waals surface area contributed by atoms with Crippen molar-refractivity contribution in [3.63, 3.8) is 0 Å². The van der Waals surface area contributed by atoms with Crippen LogP contribution in [0.15, 0.2) is 42.6 Å². The van der Waals surface area contributed by atoms with E-state index in [9.17, 15) is 22.8 Å². The SMILES string of the molecule is CCC(C)N(CC(=O)N(Cc1cccn1C)CC(C)C)C(=O)Nc1cccc(C(F)(F)F)c1. The number of carbonyl (C=O) groups is 2. The normalized spacial score (nSPS) is 12.5. The van der Waals surface area contributed by atoms with Gasteiger partial charge in [0.25, 0.3) is 0 Å². The Bertz CT molecular complexity index is 940. The van der Waals surface area contributed by atoms with Gasteiger partial charge in [-0.15, -0.1) is 0 Å². The molecule has 0 fully saturated rings. The molecule has 0 saturated heterocycles. The molecule has 0 saturated carbocycles. The standard InChI is InChI=1S/C24H33F3N4O2/c1-6-18(4)31(23(33)28-20-10-7-9-19(13-20)24(25,26)27)16-22(32)30(14-17(2)3)15-21-11-8-12-29(21)5/h7-13,17-18H,6,14-16H2,1-5H3,(H,28,33). The summed E-state index contributed by atoms with van der Waals surface area (Å²) in [4.78, 5) is 29.3. The lowest BCUT2D eigenvalue weighted by Crippen LogP contribution is -2.48. The Balaban J connectivity index is 2.20. The first kappa shape index (κ1) is 26.3. The topological polar surface area (TPSA) is 57.6 Å². The van der Waals surface area contributed by atoms with Crippen molar-refractivity contribution in [3.8, 4) is 0 Å². The molecule has 6 nitrogen and oxygen atoms in total. The molecule has 33 heavy (non-hydrogen) atoms. The predicted octanol–water partition coefficient (Wildman–Crippen LogP) is 5.36. The van der Waals surface area contributed by atoms with E-state index in [1.165, 1.54) is 17.0 Å². The highest BCUT2D eigenvalue weighted by Crippen LogP contribution is 2.30. The number of aryl methyl sites for hydroxylation is 1. The first-order chi connectivity index (χ1) is 15.4. The molecule has 0 bridgehead atoms. The average Bonchev–Trinajstić information content (AvgIpc) is 3.14. The minimum atomic E-state index is -4.51. The number of anilines is 1. The van der Waals surface area contributed by atoms with Gasteiger partial charge in [-0.1, -0.05) is 26.8 Å². The van der Waals surface area contributed by atoms with Crippen molar-refractivity contribution in [2.45, 2.75) is 52.9 Å². The van der Waals surface area contributed by atoms with E-state index in [1.807, 2.05) is 57.6 Å². The summed E-state index contributed by atoms with van der Waals surface area (Å²) in [5.74, 6) is 0.00888. The zero-order valence-electron chi connectivity index (χ0n) is 19.8. The number of nitrogens with zero attached hydrogens (tertiary/aromatic N) is 3. The van der Waals surface area contributed by atoms with E-state index in [0.29, 0.717) is 19.5 Å². The molecule has 9 heteroatoms. The molecule has 1 aromatic carbocycles. The van der Waals surface area contributed by atoms with Gasteiger partial charge < -0.3 is 19.7 Å². The summed E-state index contributed by atoms with van der Waals surface area (Å²) in [6, 6.07) is 7.41. The zero-order chi connectivity index (χ0) is 24.8. The lowest BCUT2D eigenvalue weighted by Gasteiger charge is -2.32. The summed E-state index contributed by atoms with van der Waals surface area (Å²) >= 11 is 0. The van der Waals surface area contributed by atoms with Gasteiger partial charge in [-0.3, -0.25) is 4.79 Å². The molecular weight excluding hydrogens is 433 g/mol. The summed E-state index contributed by atoms with van der Waals surface area (Å²) in [6.07, 6.45) is -2.02. The van der Waals surface area contributed by atoms with Gasteiger partial charge in [0.05, 0.1) is 12.1 Å². The van der Waals surface area contributed by atoms with Crippen molar-refractivity contribution >= 4 is 17.6 Å². The first-order valence-corrected chi connectivity index (χ1v) is 11.0. The average molecular weight is 467 g/mol. The minimum absolute atomic E-state index is 0.0263. The van der Waals surface area contributed by atoms with E-state index in [-0.39, 0.29) is 30.1 Å². The number of hydrogen-bond donors (Lipinski definition) is 1. The van der Waals surface area contributed by atoms with E-state index in [4.69, 9.17) is 0 Å². The molecule has 1 heterocycles. The van der Waals surface area contributed by atoms with Gasteiger partial charge in [0, 0.05) is 37.2 Å². The Kier molecular flexibility index (Phi) is 8.96. The number of amides is 3. The van der Waals surface area contributed by atoms with Crippen LogP contribution in [0.1, 0.15) is 45.4 Å². The second kappa shape index (κ2) is 11.2. The molecule has 0 aliphatic carbocycles. The maximum Gasteiger partial charge on any atom is 0.416 e. The molecule has 2 aromatic rings. The second-order valence-corrected chi connectivity index (χ2v) is 8.67. The summed E-state index contributed by atoms with van der Waals surface area (Å²) in [7, 11) is 1.90. The zero-order valence-corrected chi connectivity index (χ0v) is 19.8. The molecule has 0 aliphatic heterocycles.